The number of nitrogens with zero attached hydrogens (tertiary/aromatic N) is 2. The van der Waals surface area contributed by atoms with E-state index >= 15 is 0 Å². The second-order valence-corrected chi connectivity index (χ2v) is 8.89. The molecule has 0 spiro atoms. The summed E-state index contributed by atoms with van der Waals surface area (Å²) in [5, 5.41) is 0.180. The first-order valence-electron chi connectivity index (χ1n) is 8.51. The van der Waals surface area contributed by atoms with Crippen molar-refractivity contribution >= 4 is 26.6 Å². The van der Waals surface area contributed by atoms with Gasteiger partial charge in [0.1, 0.15) is 11.1 Å². The lowest BCUT2D eigenvalue weighted by Gasteiger charge is -2.38. The van der Waals surface area contributed by atoms with Crippen LogP contribution in [0.15, 0.2) is 59.5 Å². The van der Waals surface area contributed by atoms with Crippen LogP contribution >= 0.6 is 0 Å². The molecule has 1 saturated heterocycles. The van der Waals surface area contributed by atoms with Gasteiger partial charge in [0.2, 0.25) is 0 Å². The molecular formula is C20H17FN2O3S. The Kier molecular flexibility index (Phi) is 4.19. The highest BCUT2D eigenvalue weighted by molar-refractivity contribution is 7.92. The fourth-order valence-electron chi connectivity index (χ4n) is 3.20. The Labute approximate surface area is 156 Å². The van der Waals surface area contributed by atoms with E-state index in [1.165, 1.54) is 17.0 Å². The van der Waals surface area contributed by atoms with Crippen molar-refractivity contribution in [2.24, 2.45) is 0 Å². The predicted molar refractivity (Wildman–Crippen MR) is 99.8 cm³/mol. The lowest BCUT2D eigenvalue weighted by molar-refractivity contribution is 0.0660. The average Bonchev–Trinajstić information content (AvgIpc) is 2.60. The molecule has 1 aromatic heterocycles. The molecule has 27 heavy (non-hydrogen) atoms. The maximum atomic E-state index is 13.0. The van der Waals surface area contributed by atoms with E-state index in [1.54, 1.807) is 12.1 Å². The number of aryl methyl sites for hydroxylation is 1. The third kappa shape index (κ3) is 3.08. The van der Waals surface area contributed by atoms with Crippen molar-refractivity contribution in [1.29, 1.82) is 0 Å². The van der Waals surface area contributed by atoms with Crippen LogP contribution in [0.3, 0.4) is 0 Å². The molecule has 0 radical (unpaired) electrons. The average molecular weight is 384 g/mol. The Hall–Kier alpha value is -2.80. The Bertz CT molecular complexity index is 1140. The normalized spacial score (nSPS) is 15.0. The molecule has 0 saturated carbocycles. The number of benzene rings is 2. The Morgan fingerprint density at radius 3 is 2.48 bits per heavy atom. The molecule has 3 aromatic rings. The van der Waals surface area contributed by atoms with Crippen molar-refractivity contribution in [2.75, 3.05) is 13.1 Å². The maximum absolute atomic E-state index is 13.0. The number of aromatic nitrogens is 1. The van der Waals surface area contributed by atoms with Gasteiger partial charge in [0, 0.05) is 24.2 Å². The molecule has 4 rings (SSSR count). The highest BCUT2D eigenvalue weighted by atomic mass is 32.2. The molecule has 138 valence electrons. The van der Waals surface area contributed by atoms with Gasteiger partial charge in [-0.15, -0.1) is 0 Å². The van der Waals surface area contributed by atoms with Crippen LogP contribution in [0.1, 0.15) is 16.1 Å². The fourth-order valence-corrected chi connectivity index (χ4v) is 4.86. The molecular weight excluding hydrogens is 367 g/mol. The number of rotatable bonds is 3. The third-order valence-electron chi connectivity index (χ3n) is 4.81. The number of para-hydroxylation sites is 1. The summed E-state index contributed by atoms with van der Waals surface area (Å²) in [6.45, 7) is 2.08. The number of hydrogen-bond acceptors (Lipinski definition) is 4. The lowest BCUT2D eigenvalue weighted by atomic mass is 10.1. The number of pyridine rings is 1. The van der Waals surface area contributed by atoms with E-state index in [9.17, 15) is 17.6 Å². The largest absolute Gasteiger partial charge is 0.336 e. The predicted octanol–water partition coefficient (Wildman–Crippen LogP) is 2.98. The van der Waals surface area contributed by atoms with Crippen molar-refractivity contribution in [3.63, 3.8) is 0 Å². The van der Waals surface area contributed by atoms with Gasteiger partial charge in [-0.1, -0.05) is 18.2 Å². The summed E-state index contributed by atoms with van der Waals surface area (Å²) in [5.41, 5.74) is 1.89. The van der Waals surface area contributed by atoms with Gasteiger partial charge in [-0.2, -0.15) is 0 Å². The minimum atomic E-state index is -3.59. The molecule has 0 N–H and O–H groups in total. The molecule has 1 aliphatic rings. The van der Waals surface area contributed by atoms with Gasteiger partial charge in [-0.05, 0) is 43.3 Å². The molecule has 0 aliphatic carbocycles. The van der Waals surface area contributed by atoms with Crippen LogP contribution in [0.2, 0.25) is 0 Å². The summed E-state index contributed by atoms with van der Waals surface area (Å²) in [7, 11) is -3.59. The summed E-state index contributed by atoms with van der Waals surface area (Å²) in [6, 6.07) is 13.9. The molecule has 0 unspecified atom stereocenters. The first-order chi connectivity index (χ1) is 12.9. The van der Waals surface area contributed by atoms with Crippen LogP contribution < -0.4 is 0 Å². The number of carbonyl (C=O) groups is 1. The number of carbonyl (C=O) groups excluding carboxylic acids is 1. The zero-order valence-corrected chi connectivity index (χ0v) is 15.4. The molecule has 0 bridgehead atoms. The number of likely N-dealkylation sites (tertiary alicyclic amines) is 1. The van der Waals surface area contributed by atoms with E-state index < -0.39 is 20.9 Å². The lowest BCUT2D eigenvalue weighted by Crippen LogP contribution is -2.56. The second kappa shape index (κ2) is 6.42. The Morgan fingerprint density at radius 1 is 1.07 bits per heavy atom. The number of fused-ring (bicyclic) bond motifs is 1. The number of sulfone groups is 1. The van der Waals surface area contributed by atoms with Crippen molar-refractivity contribution < 1.29 is 17.6 Å². The van der Waals surface area contributed by atoms with Gasteiger partial charge in [-0.25, -0.2) is 12.8 Å². The first kappa shape index (κ1) is 17.6. The van der Waals surface area contributed by atoms with Crippen LogP contribution in [0.5, 0.6) is 0 Å². The highest BCUT2D eigenvalue weighted by Gasteiger charge is 2.41. The van der Waals surface area contributed by atoms with E-state index in [0.29, 0.717) is 11.1 Å². The summed E-state index contributed by atoms with van der Waals surface area (Å²) in [6.07, 6.45) is 0. The minimum absolute atomic E-state index is 0.0726. The van der Waals surface area contributed by atoms with Crippen LogP contribution in [0.25, 0.3) is 10.9 Å². The van der Waals surface area contributed by atoms with E-state index in [-0.39, 0.29) is 23.9 Å². The summed E-state index contributed by atoms with van der Waals surface area (Å²) in [5.74, 6) is -0.720. The van der Waals surface area contributed by atoms with Crippen LogP contribution in [0.4, 0.5) is 4.39 Å². The topological polar surface area (TPSA) is 67.3 Å². The van der Waals surface area contributed by atoms with E-state index in [2.05, 4.69) is 4.98 Å². The van der Waals surface area contributed by atoms with Gasteiger partial charge >= 0.3 is 0 Å². The van der Waals surface area contributed by atoms with Gasteiger partial charge in [0.15, 0.2) is 9.84 Å². The minimum Gasteiger partial charge on any atom is -0.336 e. The Morgan fingerprint density at radius 2 is 1.78 bits per heavy atom. The molecule has 2 heterocycles. The molecule has 1 aliphatic heterocycles. The van der Waals surface area contributed by atoms with Gasteiger partial charge < -0.3 is 4.90 Å². The zero-order valence-electron chi connectivity index (χ0n) is 14.6. The fraction of sp³-hybridized carbons (Fsp3) is 0.200. The number of hydrogen-bond donors (Lipinski definition) is 0. The monoisotopic (exact) mass is 384 g/mol. The van der Waals surface area contributed by atoms with Crippen molar-refractivity contribution in [3.8, 4) is 0 Å². The van der Waals surface area contributed by atoms with E-state index in [1.807, 2.05) is 25.1 Å². The van der Waals surface area contributed by atoms with Crippen molar-refractivity contribution in [3.05, 3.63) is 71.7 Å². The summed E-state index contributed by atoms with van der Waals surface area (Å²) in [4.78, 5) is 18.9. The molecule has 0 atom stereocenters. The second-order valence-electron chi connectivity index (χ2n) is 6.66. The Balaban J connectivity index is 1.55. The van der Waals surface area contributed by atoms with Crippen molar-refractivity contribution in [2.45, 2.75) is 17.1 Å². The molecule has 1 amide bonds. The van der Waals surface area contributed by atoms with Crippen LogP contribution in [-0.2, 0) is 9.84 Å². The number of amides is 1. The van der Waals surface area contributed by atoms with Crippen molar-refractivity contribution in [1.82, 2.24) is 9.88 Å². The van der Waals surface area contributed by atoms with E-state index in [4.69, 9.17) is 0 Å². The molecule has 7 heteroatoms. The van der Waals surface area contributed by atoms with Crippen LogP contribution in [-0.4, -0.2) is 42.5 Å². The first-order valence-corrected chi connectivity index (χ1v) is 10.1. The maximum Gasteiger partial charge on any atom is 0.256 e. The van der Waals surface area contributed by atoms with Gasteiger partial charge in [0.25, 0.3) is 5.91 Å². The zero-order chi connectivity index (χ0) is 19.2. The standard InChI is InChI=1S/C20H17FN2O3S/c1-13-5-6-14-3-2-4-18(19(14)22-13)20(24)23-11-17(12-23)27(25,26)16-9-7-15(21)8-10-16/h2-10,17H,11-12H2,1H3. The number of halogens is 1. The van der Waals surface area contributed by atoms with Gasteiger partial charge in [0.05, 0.1) is 16.0 Å². The molecule has 1 fully saturated rings. The quantitative estimate of drug-likeness (QED) is 0.651. The van der Waals surface area contributed by atoms with E-state index in [0.717, 1.165) is 23.2 Å². The summed E-state index contributed by atoms with van der Waals surface area (Å²) >= 11 is 0. The molecule has 2 aromatic carbocycles. The molecule has 5 nitrogen and oxygen atoms in total. The smallest absolute Gasteiger partial charge is 0.256 e. The SMILES string of the molecule is Cc1ccc2cccc(C(=O)N3CC(S(=O)(=O)c4ccc(F)cc4)C3)c2n1. The van der Waals surface area contributed by atoms with Gasteiger partial charge in [-0.3, -0.25) is 9.78 Å². The highest BCUT2D eigenvalue weighted by Crippen LogP contribution is 2.27. The third-order valence-corrected chi connectivity index (χ3v) is 6.91. The summed E-state index contributed by atoms with van der Waals surface area (Å²) < 4.78 is 38.3. The van der Waals surface area contributed by atoms with Crippen LogP contribution in [0, 0.1) is 12.7 Å².